The van der Waals surface area contributed by atoms with Gasteiger partial charge in [-0.05, 0) is 48.4 Å². The van der Waals surface area contributed by atoms with E-state index in [1.807, 2.05) is 0 Å². The summed E-state index contributed by atoms with van der Waals surface area (Å²) in [4.78, 5) is 27.5. The standard InChI is InChI=1S/C26H29NO7/c1-5-14-34-19-10-7-17(8-11-19)24(28)22-23(18-9-12-20(32-3)21(16-18)33-4)27(13-6-15-31-2)26(30)25(22)29/h5,7-12,16,23,28H,1,6,13-15H2,2-4H3/b24-22+. The van der Waals surface area contributed by atoms with Crippen LogP contribution in [0.1, 0.15) is 23.6 Å². The van der Waals surface area contributed by atoms with E-state index in [9.17, 15) is 14.7 Å². The van der Waals surface area contributed by atoms with Crippen molar-refractivity contribution in [2.24, 2.45) is 0 Å². The van der Waals surface area contributed by atoms with Crippen LogP contribution >= 0.6 is 0 Å². The Morgan fingerprint density at radius 1 is 1.06 bits per heavy atom. The molecule has 1 atom stereocenters. The van der Waals surface area contributed by atoms with Crippen molar-refractivity contribution in [3.63, 3.8) is 0 Å². The minimum Gasteiger partial charge on any atom is -0.507 e. The molecule has 0 bridgehead atoms. The summed E-state index contributed by atoms with van der Waals surface area (Å²) in [5, 5.41) is 11.2. The summed E-state index contributed by atoms with van der Waals surface area (Å²) in [7, 11) is 4.60. The Balaban J connectivity index is 2.09. The number of rotatable bonds is 11. The van der Waals surface area contributed by atoms with Crippen molar-refractivity contribution in [3.05, 3.63) is 71.8 Å². The number of hydrogen-bond donors (Lipinski definition) is 1. The number of benzene rings is 2. The lowest BCUT2D eigenvalue weighted by molar-refractivity contribution is -0.140. The molecule has 8 heteroatoms. The van der Waals surface area contributed by atoms with Gasteiger partial charge in [0.25, 0.3) is 11.7 Å². The minimum atomic E-state index is -0.798. The van der Waals surface area contributed by atoms with Crippen LogP contribution in [0.5, 0.6) is 17.2 Å². The average molecular weight is 468 g/mol. The molecule has 0 spiro atoms. The van der Waals surface area contributed by atoms with E-state index in [1.165, 1.54) is 19.1 Å². The SMILES string of the molecule is C=CCOc1ccc(/C(O)=C2\C(=O)C(=O)N(CCCOC)C2c2ccc(OC)c(OC)c2)cc1. The third-order valence-corrected chi connectivity index (χ3v) is 5.51. The molecule has 0 radical (unpaired) electrons. The maximum atomic E-state index is 13.1. The number of carbonyl (C=O) groups excluding carboxylic acids is 2. The largest absolute Gasteiger partial charge is 0.507 e. The zero-order valence-electron chi connectivity index (χ0n) is 19.6. The number of methoxy groups -OCH3 is 3. The van der Waals surface area contributed by atoms with Gasteiger partial charge in [-0.15, -0.1) is 0 Å². The van der Waals surface area contributed by atoms with Crippen molar-refractivity contribution in [2.45, 2.75) is 12.5 Å². The third-order valence-electron chi connectivity index (χ3n) is 5.51. The highest BCUT2D eigenvalue weighted by atomic mass is 16.5. The lowest BCUT2D eigenvalue weighted by atomic mass is 9.95. The number of Topliss-reactive ketones (excluding diaryl/α,β-unsaturated/α-hetero) is 1. The molecule has 1 aliphatic heterocycles. The second kappa shape index (κ2) is 11.4. The Bertz CT molecular complexity index is 1080. The number of ether oxygens (including phenoxy) is 4. The Morgan fingerprint density at radius 2 is 1.76 bits per heavy atom. The maximum Gasteiger partial charge on any atom is 0.295 e. The molecule has 0 aliphatic carbocycles. The highest BCUT2D eigenvalue weighted by Gasteiger charge is 2.46. The van der Waals surface area contributed by atoms with E-state index in [1.54, 1.807) is 55.7 Å². The summed E-state index contributed by atoms with van der Waals surface area (Å²) in [6.07, 6.45) is 2.16. The minimum absolute atomic E-state index is 0.00870. The van der Waals surface area contributed by atoms with Crippen LogP contribution in [-0.4, -0.2) is 62.8 Å². The molecule has 180 valence electrons. The lowest BCUT2D eigenvalue weighted by Crippen LogP contribution is -2.31. The van der Waals surface area contributed by atoms with Gasteiger partial charge in [-0.3, -0.25) is 9.59 Å². The van der Waals surface area contributed by atoms with Crippen LogP contribution in [0.15, 0.2) is 60.7 Å². The zero-order valence-corrected chi connectivity index (χ0v) is 19.6. The first-order chi connectivity index (χ1) is 16.5. The quantitative estimate of drug-likeness (QED) is 0.177. The predicted octanol–water partition coefficient (Wildman–Crippen LogP) is 3.73. The predicted molar refractivity (Wildman–Crippen MR) is 127 cm³/mol. The molecule has 1 N–H and O–H groups in total. The van der Waals surface area contributed by atoms with E-state index in [4.69, 9.17) is 18.9 Å². The lowest BCUT2D eigenvalue weighted by Gasteiger charge is -2.26. The number of amides is 1. The van der Waals surface area contributed by atoms with Crippen LogP contribution in [-0.2, 0) is 14.3 Å². The fourth-order valence-corrected chi connectivity index (χ4v) is 3.88. The Hall–Kier alpha value is -3.78. The Kier molecular flexibility index (Phi) is 8.32. The highest BCUT2D eigenvalue weighted by molar-refractivity contribution is 6.46. The molecular weight excluding hydrogens is 438 g/mol. The Morgan fingerprint density at radius 3 is 2.38 bits per heavy atom. The van der Waals surface area contributed by atoms with Crippen molar-refractivity contribution >= 4 is 17.4 Å². The summed E-state index contributed by atoms with van der Waals surface area (Å²) in [5.41, 5.74) is 1.02. The second-order valence-corrected chi connectivity index (χ2v) is 7.58. The molecule has 3 rings (SSSR count). The smallest absolute Gasteiger partial charge is 0.295 e. The zero-order chi connectivity index (χ0) is 24.7. The summed E-state index contributed by atoms with van der Waals surface area (Å²) in [5.74, 6) is -0.135. The van der Waals surface area contributed by atoms with Gasteiger partial charge in [0, 0.05) is 25.8 Å². The molecular formula is C26H29NO7. The van der Waals surface area contributed by atoms with Crippen molar-refractivity contribution in [2.75, 3.05) is 41.1 Å². The van der Waals surface area contributed by atoms with Crippen molar-refractivity contribution < 1.29 is 33.6 Å². The van der Waals surface area contributed by atoms with Crippen LogP contribution in [0.3, 0.4) is 0 Å². The van der Waals surface area contributed by atoms with Gasteiger partial charge in [-0.1, -0.05) is 18.7 Å². The number of carbonyl (C=O) groups is 2. The summed E-state index contributed by atoms with van der Waals surface area (Å²) in [6.45, 7) is 4.66. The van der Waals surface area contributed by atoms with E-state index in [0.29, 0.717) is 48.0 Å². The molecule has 2 aromatic rings. The molecule has 34 heavy (non-hydrogen) atoms. The number of aliphatic hydroxyl groups is 1. The first kappa shape index (κ1) is 24.9. The second-order valence-electron chi connectivity index (χ2n) is 7.58. The van der Waals surface area contributed by atoms with Crippen molar-refractivity contribution in [3.8, 4) is 17.2 Å². The average Bonchev–Trinajstić information content (AvgIpc) is 3.12. The van der Waals surface area contributed by atoms with E-state index >= 15 is 0 Å². The van der Waals surface area contributed by atoms with Crippen molar-refractivity contribution in [1.82, 2.24) is 4.90 Å². The van der Waals surface area contributed by atoms with Crippen molar-refractivity contribution in [1.29, 1.82) is 0 Å². The fourth-order valence-electron chi connectivity index (χ4n) is 3.88. The van der Waals surface area contributed by atoms with Gasteiger partial charge in [0.05, 0.1) is 25.8 Å². The van der Waals surface area contributed by atoms with Crippen LogP contribution in [0.25, 0.3) is 5.76 Å². The molecule has 1 unspecified atom stereocenters. The number of nitrogens with zero attached hydrogens (tertiary/aromatic N) is 1. The highest BCUT2D eigenvalue weighted by Crippen LogP contribution is 2.42. The molecule has 2 aromatic carbocycles. The summed E-state index contributed by atoms with van der Waals surface area (Å²) < 4.78 is 21.3. The van der Waals surface area contributed by atoms with E-state index < -0.39 is 17.7 Å². The Labute approximate surface area is 199 Å². The first-order valence-corrected chi connectivity index (χ1v) is 10.8. The molecule has 0 saturated carbocycles. The third kappa shape index (κ3) is 5.07. The monoisotopic (exact) mass is 467 g/mol. The number of likely N-dealkylation sites (tertiary alicyclic amines) is 1. The van der Waals surface area contributed by atoms with Gasteiger partial charge >= 0.3 is 0 Å². The number of ketones is 1. The summed E-state index contributed by atoms with van der Waals surface area (Å²) >= 11 is 0. The number of hydrogen-bond acceptors (Lipinski definition) is 7. The van der Waals surface area contributed by atoms with Gasteiger partial charge in [0.15, 0.2) is 11.5 Å². The molecule has 1 fully saturated rings. The van der Waals surface area contributed by atoms with E-state index in [2.05, 4.69) is 6.58 Å². The van der Waals surface area contributed by atoms with Gasteiger partial charge in [-0.2, -0.15) is 0 Å². The van der Waals surface area contributed by atoms with Crippen LogP contribution in [0.2, 0.25) is 0 Å². The van der Waals surface area contributed by atoms with Crippen LogP contribution < -0.4 is 14.2 Å². The summed E-state index contributed by atoms with van der Waals surface area (Å²) in [6, 6.07) is 11.0. The molecule has 1 amide bonds. The topological polar surface area (TPSA) is 94.5 Å². The molecule has 1 heterocycles. The molecule has 8 nitrogen and oxygen atoms in total. The van der Waals surface area contributed by atoms with Gasteiger partial charge in [-0.25, -0.2) is 0 Å². The molecule has 1 saturated heterocycles. The fraction of sp³-hybridized carbons (Fsp3) is 0.308. The molecule has 0 aromatic heterocycles. The number of aliphatic hydroxyl groups excluding tert-OH is 1. The van der Waals surface area contributed by atoms with Crippen LogP contribution in [0, 0.1) is 0 Å². The maximum absolute atomic E-state index is 13.1. The van der Waals surface area contributed by atoms with Gasteiger partial charge in [0.1, 0.15) is 18.1 Å². The van der Waals surface area contributed by atoms with Gasteiger partial charge in [0.2, 0.25) is 0 Å². The van der Waals surface area contributed by atoms with E-state index in [-0.39, 0.29) is 17.9 Å². The molecule has 1 aliphatic rings. The van der Waals surface area contributed by atoms with Gasteiger partial charge < -0.3 is 29.0 Å². The normalized spacial score (nSPS) is 17.0. The first-order valence-electron chi connectivity index (χ1n) is 10.8. The van der Waals surface area contributed by atoms with E-state index in [0.717, 1.165) is 0 Å². The van der Waals surface area contributed by atoms with Crippen LogP contribution in [0.4, 0.5) is 0 Å².